The highest BCUT2D eigenvalue weighted by molar-refractivity contribution is 5.93. The molecule has 0 rings (SSSR count). The van der Waals surface area contributed by atoms with Gasteiger partial charge in [0.05, 0.1) is 6.42 Å². The van der Waals surface area contributed by atoms with Crippen LogP contribution in [0, 0.1) is 5.92 Å². The van der Waals surface area contributed by atoms with E-state index in [1.807, 2.05) is 13.8 Å². The predicted octanol–water partition coefficient (Wildman–Crippen LogP) is -0.524. The molecule has 0 aliphatic heterocycles. The van der Waals surface area contributed by atoms with Crippen molar-refractivity contribution in [2.45, 2.75) is 65.1 Å². The van der Waals surface area contributed by atoms with Crippen LogP contribution in [0.2, 0.25) is 0 Å². The predicted molar refractivity (Wildman–Crippen MR) is 91.1 cm³/mol. The van der Waals surface area contributed by atoms with E-state index in [1.165, 1.54) is 13.8 Å². The van der Waals surface area contributed by atoms with Gasteiger partial charge in [-0.3, -0.25) is 19.2 Å². The zero-order chi connectivity index (χ0) is 20.4. The van der Waals surface area contributed by atoms with Crippen molar-refractivity contribution in [3.8, 4) is 0 Å². The number of hydrogen-bond acceptors (Lipinski definition) is 5. The third-order valence-corrected chi connectivity index (χ3v) is 3.41. The van der Waals surface area contributed by atoms with Gasteiger partial charge < -0.3 is 26.2 Å². The SMILES string of the molecule is CC(C)C[C@H](NC(=O)[C@H](C)NC(=O)[C@H](C)NC(=O)CCC(=O)O)C(=O)O. The summed E-state index contributed by atoms with van der Waals surface area (Å²) < 4.78 is 0. The second-order valence-electron chi connectivity index (χ2n) is 6.44. The number of hydrogen-bond donors (Lipinski definition) is 5. The molecule has 0 fully saturated rings. The van der Waals surface area contributed by atoms with Crippen LogP contribution >= 0.6 is 0 Å². The average molecular weight is 373 g/mol. The monoisotopic (exact) mass is 373 g/mol. The van der Waals surface area contributed by atoms with Crippen LogP contribution in [0.1, 0.15) is 47.0 Å². The lowest BCUT2D eigenvalue weighted by Gasteiger charge is -2.21. The van der Waals surface area contributed by atoms with Gasteiger partial charge in [-0.15, -0.1) is 0 Å². The third kappa shape index (κ3) is 9.60. The number of rotatable bonds is 11. The molecule has 10 nitrogen and oxygen atoms in total. The van der Waals surface area contributed by atoms with Crippen LogP contribution in [0.4, 0.5) is 0 Å². The lowest BCUT2D eigenvalue weighted by Crippen LogP contribution is -2.54. The summed E-state index contributed by atoms with van der Waals surface area (Å²) in [6.07, 6.45) is -0.373. The molecule has 26 heavy (non-hydrogen) atoms. The smallest absolute Gasteiger partial charge is 0.326 e. The van der Waals surface area contributed by atoms with Crippen molar-refractivity contribution in [1.29, 1.82) is 0 Å². The molecule has 0 saturated heterocycles. The van der Waals surface area contributed by atoms with Gasteiger partial charge in [-0.2, -0.15) is 0 Å². The molecule has 0 spiro atoms. The van der Waals surface area contributed by atoms with Crippen LogP contribution in [0.15, 0.2) is 0 Å². The summed E-state index contributed by atoms with van der Waals surface area (Å²) in [5.74, 6) is -4.14. The second kappa shape index (κ2) is 11.1. The van der Waals surface area contributed by atoms with Gasteiger partial charge in [0, 0.05) is 6.42 Å². The summed E-state index contributed by atoms with van der Waals surface area (Å²) >= 11 is 0. The molecule has 0 aromatic carbocycles. The maximum absolute atomic E-state index is 12.1. The molecule has 0 heterocycles. The molecule has 5 N–H and O–H groups in total. The quantitative estimate of drug-likeness (QED) is 0.325. The molecule has 3 amide bonds. The summed E-state index contributed by atoms with van der Waals surface area (Å²) in [5.41, 5.74) is 0. The Kier molecular flexibility index (Phi) is 9.93. The Labute approximate surface area is 151 Å². The van der Waals surface area contributed by atoms with E-state index in [2.05, 4.69) is 16.0 Å². The molecule has 0 aliphatic rings. The van der Waals surface area contributed by atoms with Crippen molar-refractivity contribution in [3.05, 3.63) is 0 Å². The first-order valence-electron chi connectivity index (χ1n) is 8.28. The van der Waals surface area contributed by atoms with Gasteiger partial charge in [-0.25, -0.2) is 4.79 Å². The first kappa shape index (κ1) is 23.4. The van der Waals surface area contributed by atoms with Gasteiger partial charge in [0.25, 0.3) is 0 Å². The topological polar surface area (TPSA) is 162 Å². The van der Waals surface area contributed by atoms with E-state index >= 15 is 0 Å². The Morgan fingerprint density at radius 3 is 1.73 bits per heavy atom. The molecule has 0 unspecified atom stereocenters. The van der Waals surface area contributed by atoms with Crippen LogP contribution in [-0.4, -0.2) is 58.0 Å². The van der Waals surface area contributed by atoms with Gasteiger partial charge in [0.15, 0.2) is 0 Å². The number of amides is 3. The van der Waals surface area contributed by atoms with Crippen LogP contribution in [0.3, 0.4) is 0 Å². The van der Waals surface area contributed by atoms with Gasteiger partial charge in [-0.05, 0) is 26.2 Å². The number of carboxylic acids is 2. The highest BCUT2D eigenvalue weighted by atomic mass is 16.4. The van der Waals surface area contributed by atoms with E-state index in [4.69, 9.17) is 10.2 Å². The number of aliphatic carboxylic acids is 2. The van der Waals surface area contributed by atoms with Gasteiger partial charge in [0.2, 0.25) is 17.7 Å². The fourth-order valence-electron chi connectivity index (χ4n) is 1.99. The minimum absolute atomic E-state index is 0.0577. The van der Waals surface area contributed by atoms with Crippen LogP contribution in [0.25, 0.3) is 0 Å². The minimum atomic E-state index is -1.16. The van der Waals surface area contributed by atoms with Crippen LogP contribution < -0.4 is 16.0 Å². The van der Waals surface area contributed by atoms with Crippen molar-refractivity contribution in [3.63, 3.8) is 0 Å². The Hall–Kier alpha value is -2.65. The molecule has 0 bridgehead atoms. The Morgan fingerprint density at radius 2 is 1.27 bits per heavy atom. The second-order valence-corrected chi connectivity index (χ2v) is 6.44. The molecule has 0 aromatic heterocycles. The fourth-order valence-corrected chi connectivity index (χ4v) is 1.99. The van der Waals surface area contributed by atoms with Crippen molar-refractivity contribution in [2.75, 3.05) is 0 Å². The molecule has 0 saturated carbocycles. The first-order chi connectivity index (χ1) is 11.9. The third-order valence-electron chi connectivity index (χ3n) is 3.41. The molecular formula is C16H27N3O7. The van der Waals surface area contributed by atoms with Crippen LogP contribution in [0.5, 0.6) is 0 Å². The number of carbonyl (C=O) groups is 5. The highest BCUT2D eigenvalue weighted by Crippen LogP contribution is 2.05. The zero-order valence-electron chi connectivity index (χ0n) is 15.4. The molecule has 0 radical (unpaired) electrons. The average Bonchev–Trinajstić information content (AvgIpc) is 2.51. The van der Waals surface area contributed by atoms with E-state index in [-0.39, 0.29) is 25.2 Å². The number of carbonyl (C=O) groups excluding carboxylic acids is 3. The van der Waals surface area contributed by atoms with Crippen molar-refractivity contribution in [1.82, 2.24) is 16.0 Å². The maximum atomic E-state index is 12.1. The normalized spacial score (nSPS) is 14.0. The maximum Gasteiger partial charge on any atom is 0.326 e. The van der Waals surface area contributed by atoms with E-state index in [9.17, 15) is 24.0 Å². The van der Waals surface area contributed by atoms with Crippen LogP contribution in [-0.2, 0) is 24.0 Å². The van der Waals surface area contributed by atoms with Gasteiger partial charge >= 0.3 is 11.9 Å². The number of carboxylic acid groups (broad SMARTS) is 2. The zero-order valence-corrected chi connectivity index (χ0v) is 15.4. The van der Waals surface area contributed by atoms with Crippen molar-refractivity contribution in [2.24, 2.45) is 5.92 Å². The lowest BCUT2D eigenvalue weighted by molar-refractivity contribution is -0.142. The number of nitrogens with one attached hydrogen (secondary N) is 3. The lowest BCUT2D eigenvalue weighted by atomic mass is 10.0. The van der Waals surface area contributed by atoms with Gasteiger partial charge in [0.1, 0.15) is 18.1 Å². The molecule has 0 aromatic rings. The largest absolute Gasteiger partial charge is 0.481 e. The van der Waals surface area contributed by atoms with E-state index in [0.717, 1.165) is 0 Å². The van der Waals surface area contributed by atoms with Crippen molar-refractivity contribution >= 4 is 29.7 Å². The molecule has 3 atom stereocenters. The fraction of sp³-hybridized carbons (Fsp3) is 0.688. The van der Waals surface area contributed by atoms with E-state index < -0.39 is 47.8 Å². The summed E-state index contributed by atoms with van der Waals surface area (Å²) in [5, 5.41) is 24.7. The summed E-state index contributed by atoms with van der Waals surface area (Å²) in [7, 11) is 0. The Bertz CT molecular complexity index is 548. The molecule has 0 aliphatic carbocycles. The Morgan fingerprint density at radius 1 is 0.769 bits per heavy atom. The van der Waals surface area contributed by atoms with Crippen molar-refractivity contribution < 1.29 is 34.2 Å². The van der Waals surface area contributed by atoms with Gasteiger partial charge in [-0.1, -0.05) is 13.8 Å². The molecule has 10 heteroatoms. The minimum Gasteiger partial charge on any atom is -0.481 e. The summed E-state index contributed by atoms with van der Waals surface area (Å²) in [6, 6.07) is -3.04. The summed E-state index contributed by atoms with van der Waals surface area (Å²) in [4.78, 5) is 57.1. The molecular weight excluding hydrogens is 346 g/mol. The molecule has 148 valence electrons. The van der Waals surface area contributed by atoms with E-state index in [0.29, 0.717) is 0 Å². The first-order valence-corrected chi connectivity index (χ1v) is 8.28. The summed E-state index contributed by atoms with van der Waals surface area (Å²) in [6.45, 7) is 6.42. The van der Waals surface area contributed by atoms with E-state index in [1.54, 1.807) is 0 Å². The highest BCUT2D eigenvalue weighted by Gasteiger charge is 2.26. The standard InChI is InChI=1S/C16H27N3O7/c1-8(2)7-11(16(25)26)19-15(24)10(4)18-14(23)9(3)17-12(20)5-6-13(21)22/h8-11H,5-7H2,1-4H3,(H,17,20)(H,18,23)(H,19,24)(H,21,22)(H,25,26)/t9-,10-,11-/m0/s1. The Balaban J connectivity index is 4.53.